The molecule has 0 fully saturated rings. The first-order valence-corrected chi connectivity index (χ1v) is 8.40. The second kappa shape index (κ2) is 6.75. The van der Waals surface area contributed by atoms with E-state index in [1.54, 1.807) is 17.8 Å². The van der Waals surface area contributed by atoms with E-state index >= 15 is 0 Å². The molecule has 0 bridgehead atoms. The molecule has 1 heterocycles. The Kier molecular flexibility index (Phi) is 4.53. The number of ether oxygens (including phenoxy) is 1. The topological polar surface area (TPSA) is 50.4 Å². The quantitative estimate of drug-likeness (QED) is 0.851. The Balaban J connectivity index is 1.64. The van der Waals surface area contributed by atoms with E-state index in [4.69, 9.17) is 4.74 Å². The summed E-state index contributed by atoms with van der Waals surface area (Å²) < 4.78 is 5.56. The Hall–Kier alpha value is -2.14. The first kappa shape index (κ1) is 14.8. The summed E-state index contributed by atoms with van der Waals surface area (Å²) in [7, 11) is 0. The minimum absolute atomic E-state index is 0.0917. The van der Waals surface area contributed by atoms with Crippen LogP contribution in [0.2, 0.25) is 0 Å². The van der Waals surface area contributed by atoms with E-state index in [1.165, 1.54) is 4.90 Å². The number of hydrogen-bond donors (Lipinski definition) is 2. The van der Waals surface area contributed by atoms with Crippen LogP contribution in [0, 0.1) is 0 Å². The summed E-state index contributed by atoms with van der Waals surface area (Å²) in [6.45, 7) is 1.94. The Morgan fingerprint density at radius 2 is 2.09 bits per heavy atom. The van der Waals surface area contributed by atoms with E-state index in [0.717, 1.165) is 23.5 Å². The maximum Gasteiger partial charge on any atom is 0.251 e. The van der Waals surface area contributed by atoms with Crippen LogP contribution in [0.4, 0.5) is 5.69 Å². The van der Waals surface area contributed by atoms with E-state index in [1.807, 2.05) is 30.5 Å². The van der Waals surface area contributed by atoms with Crippen molar-refractivity contribution in [1.82, 2.24) is 5.32 Å². The van der Waals surface area contributed by atoms with Gasteiger partial charge >= 0.3 is 0 Å². The highest BCUT2D eigenvalue weighted by Crippen LogP contribution is 2.28. The molecule has 5 heteroatoms. The standard InChI is InChI=1S/C17H18N2O2S/c1-22-14-5-2-12(3-6-14)11-19-17(20)13-4-7-15-16(10-13)21-9-8-18-15/h2-7,10,18H,8-9,11H2,1H3,(H,19,20). The van der Waals surface area contributed by atoms with Gasteiger partial charge in [0.05, 0.1) is 5.69 Å². The van der Waals surface area contributed by atoms with Crippen molar-refractivity contribution in [3.8, 4) is 5.75 Å². The smallest absolute Gasteiger partial charge is 0.251 e. The molecule has 0 radical (unpaired) electrons. The van der Waals surface area contributed by atoms with Crippen molar-refractivity contribution in [3.63, 3.8) is 0 Å². The summed E-state index contributed by atoms with van der Waals surface area (Å²) in [5, 5.41) is 6.18. The number of carbonyl (C=O) groups is 1. The van der Waals surface area contributed by atoms with Gasteiger partial charge in [0.25, 0.3) is 5.91 Å². The molecule has 3 rings (SSSR count). The Labute approximate surface area is 134 Å². The van der Waals surface area contributed by atoms with Gasteiger partial charge in [-0.05, 0) is 42.2 Å². The van der Waals surface area contributed by atoms with E-state index in [9.17, 15) is 4.79 Å². The third kappa shape index (κ3) is 3.36. The molecule has 114 valence electrons. The van der Waals surface area contributed by atoms with Gasteiger partial charge < -0.3 is 15.4 Å². The molecule has 1 aliphatic heterocycles. The molecule has 0 spiro atoms. The van der Waals surface area contributed by atoms with Gasteiger partial charge in [0.15, 0.2) is 0 Å². The Morgan fingerprint density at radius 1 is 1.27 bits per heavy atom. The predicted molar refractivity (Wildman–Crippen MR) is 89.8 cm³/mol. The first-order valence-electron chi connectivity index (χ1n) is 7.18. The van der Waals surface area contributed by atoms with Crippen LogP contribution >= 0.6 is 11.8 Å². The van der Waals surface area contributed by atoms with Gasteiger partial charge in [0.2, 0.25) is 0 Å². The van der Waals surface area contributed by atoms with Gasteiger partial charge in [-0.2, -0.15) is 0 Å². The molecule has 4 nitrogen and oxygen atoms in total. The van der Waals surface area contributed by atoms with Crippen LogP contribution in [0.1, 0.15) is 15.9 Å². The molecule has 0 saturated heterocycles. The molecule has 2 aromatic carbocycles. The lowest BCUT2D eigenvalue weighted by atomic mass is 10.1. The number of thioether (sulfide) groups is 1. The van der Waals surface area contributed by atoms with E-state index in [2.05, 4.69) is 22.8 Å². The van der Waals surface area contributed by atoms with Crippen LogP contribution in [-0.4, -0.2) is 25.3 Å². The molecule has 0 unspecified atom stereocenters. The number of fused-ring (bicyclic) bond motifs is 1. The van der Waals surface area contributed by atoms with Gasteiger partial charge in [-0.3, -0.25) is 4.79 Å². The SMILES string of the molecule is CSc1ccc(CNC(=O)c2ccc3c(c2)OCCN3)cc1. The fourth-order valence-corrected chi connectivity index (χ4v) is 2.71. The summed E-state index contributed by atoms with van der Waals surface area (Å²) in [5.74, 6) is 0.647. The van der Waals surface area contributed by atoms with Crippen LogP contribution in [-0.2, 0) is 6.54 Å². The van der Waals surface area contributed by atoms with Crippen molar-refractivity contribution in [2.24, 2.45) is 0 Å². The highest BCUT2D eigenvalue weighted by molar-refractivity contribution is 7.98. The second-order valence-corrected chi connectivity index (χ2v) is 5.90. The lowest BCUT2D eigenvalue weighted by Gasteiger charge is -2.19. The molecule has 0 saturated carbocycles. The molecule has 2 N–H and O–H groups in total. The maximum absolute atomic E-state index is 12.2. The summed E-state index contributed by atoms with van der Waals surface area (Å²) in [5.41, 5.74) is 2.64. The zero-order chi connectivity index (χ0) is 15.4. The summed E-state index contributed by atoms with van der Waals surface area (Å²) in [4.78, 5) is 13.5. The van der Waals surface area contributed by atoms with Crippen LogP contribution in [0.15, 0.2) is 47.4 Å². The van der Waals surface area contributed by atoms with Crippen molar-refractivity contribution in [2.45, 2.75) is 11.4 Å². The largest absolute Gasteiger partial charge is 0.490 e. The predicted octanol–water partition coefficient (Wildman–Crippen LogP) is 3.14. The third-order valence-corrected chi connectivity index (χ3v) is 4.27. The van der Waals surface area contributed by atoms with Crippen molar-refractivity contribution in [1.29, 1.82) is 0 Å². The molecule has 0 aromatic heterocycles. The van der Waals surface area contributed by atoms with Gasteiger partial charge in [0.1, 0.15) is 12.4 Å². The lowest BCUT2D eigenvalue weighted by Crippen LogP contribution is -2.23. The molecule has 0 atom stereocenters. The van der Waals surface area contributed by atoms with Gasteiger partial charge in [0, 0.05) is 23.5 Å². The van der Waals surface area contributed by atoms with Crippen molar-refractivity contribution in [2.75, 3.05) is 24.7 Å². The Morgan fingerprint density at radius 3 is 2.86 bits per heavy atom. The molecular formula is C17H18N2O2S. The van der Waals surface area contributed by atoms with E-state index < -0.39 is 0 Å². The van der Waals surface area contributed by atoms with Crippen LogP contribution < -0.4 is 15.4 Å². The summed E-state index contributed by atoms with van der Waals surface area (Å²) in [6.07, 6.45) is 2.05. The van der Waals surface area contributed by atoms with Crippen molar-refractivity contribution in [3.05, 3.63) is 53.6 Å². The molecular weight excluding hydrogens is 296 g/mol. The normalized spacial score (nSPS) is 12.8. The molecule has 1 amide bonds. The van der Waals surface area contributed by atoms with E-state index in [0.29, 0.717) is 18.7 Å². The van der Waals surface area contributed by atoms with Crippen LogP contribution in [0.5, 0.6) is 5.75 Å². The fraction of sp³-hybridized carbons (Fsp3) is 0.235. The van der Waals surface area contributed by atoms with Crippen molar-refractivity contribution >= 4 is 23.4 Å². The highest BCUT2D eigenvalue weighted by atomic mass is 32.2. The number of rotatable bonds is 4. The van der Waals surface area contributed by atoms with Gasteiger partial charge in [-0.1, -0.05) is 12.1 Å². The monoisotopic (exact) mass is 314 g/mol. The number of hydrogen-bond acceptors (Lipinski definition) is 4. The third-order valence-electron chi connectivity index (χ3n) is 3.53. The highest BCUT2D eigenvalue weighted by Gasteiger charge is 2.13. The average molecular weight is 314 g/mol. The fourth-order valence-electron chi connectivity index (χ4n) is 2.30. The Bertz CT molecular complexity index is 671. The summed E-state index contributed by atoms with van der Waals surface area (Å²) in [6, 6.07) is 13.7. The zero-order valence-electron chi connectivity index (χ0n) is 12.4. The zero-order valence-corrected chi connectivity index (χ0v) is 13.2. The minimum Gasteiger partial charge on any atom is -0.490 e. The maximum atomic E-state index is 12.2. The number of amides is 1. The number of anilines is 1. The van der Waals surface area contributed by atoms with Crippen LogP contribution in [0.25, 0.3) is 0 Å². The first-order chi connectivity index (χ1) is 10.8. The summed E-state index contributed by atoms with van der Waals surface area (Å²) >= 11 is 1.70. The lowest BCUT2D eigenvalue weighted by molar-refractivity contribution is 0.0950. The van der Waals surface area contributed by atoms with Gasteiger partial charge in [-0.25, -0.2) is 0 Å². The molecule has 2 aromatic rings. The van der Waals surface area contributed by atoms with Crippen LogP contribution in [0.3, 0.4) is 0 Å². The molecule has 22 heavy (non-hydrogen) atoms. The second-order valence-electron chi connectivity index (χ2n) is 5.02. The van der Waals surface area contributed by atoms with Crippen molar-refractivity contribution < 1.29 is 9.53 Å². The minimum atomic E-state index is -0.0917. The molecule has 0 aliphatic carbocycles. The number of nitrogens with one attached hydrogen (secondary N) is 2. The van der Waals surface area contributed by atoms with Gasteiger partial charge in [-0.15, -0.1) is 11.8 Å². The average Bonchev–Trinajstić information content (AvgIpc) is 2.59. The number of benzene rings is 2. The molecule has 1 aliphatic rings. The van der Waals surface area contributed by atoms with E-state index in [-0.39, 0.29) is 5.91 Å². The number of carbonyl (C=O) groups excluding carboxylic acids is 1.